The summed E-state index contributed by atoms with van der Waals surface area (Å²) < 4.78 is 58.2. The van der Waals surface area contributed by atoms with E-state index < -0.39 is 20.8 Å². The van der Waals surface area contributed by atoms with E-state index in [1.54, 1.807) is 39.8 Å². The Bertz CT molecular complexity index is 495. The van der Waals surface area contributed by atoms with E-state index in [0.29, 0.717) is 5.76 Å². The molecule has 0 saturated carbocycles. The molecule has 8 nitrogen and oxygen atoms in total. The van der Waals surface area contributed by atoms with Crippen LogP contribution in [-0.4, -0.2) is 32.0 Å². The fourth-order valence-electron chi connectivity index (χ4n) is 1.96. The van der Waals surface area contributed by atoms with Crippen molar-refractivity contribution >= 4 is 15.2 Å². The molecule has 0 spiro atoms. The van der Waals surface area contributed by atoms with Gasteiger partial charge in [0.05, 0.1) is 32.7 Å². The molecule has 140 valence electrons. The second-order valence-electron chi connectivity index (χ2n) is 4.47. The second kappa shape index (κ2) is 10.5. The summed E-state index contributed by atoms with van der Waals surface area (Å²) in [5, 5.41) is 0. The molecule has 0 saturated heterocycles. The van der Waals surface area contributed by atoms with Crippen LogP contribution in [0.1, 0.15) is 33.5 Å². The Morgan fingerprint density at radius 2 is 1.38 bits per heavy atom. The normalized spacial score (nSPS) is 12.9. The van der Waals surface area contributed by atoms with Crippen LogP contribution in [0.4, 0.5) is 0 Å². The molecule has 0 unspecified atom stereocenters. The molecule has 0 aromatic carbocycles. The van der Waals surface area contributed by atoms with Gasteiger partial charge in [0.25, 0.3) is 5.59 Å². The first-order chi connectivity index (χ1) is 11.5. The zero-order valence-electron chi connectivity index (χ0n) is 14.5. The highest BCUT2D eigenvalue weighted by Crippen LogP contribution is 2.70. The van der Waals surface area contributed by atoms with Gasteiger partial charge in [-0.2, -0.15) is 0 Å². The van der Waals surface area contributed by atoms with Gasteiger partial charge in [-0.05, 0) is 39.8 Å². The Morgan fingerprint density at radius 3 is 1.71 bits per heavy atom. The molecule has 0 radical (unpaired) electrons. The van der Waals surface area contributed by atoms with E-state index in [1.807, 2.05) is 0 Å². The molecule has 1 aromatic heterocycles. The van der Waals surface area contributed by atoms with E-state index in [9.17, 15) is 9.13 Å². The Kier molecular flexibility index (Phi) is 9.45. The molecule has 0 atom stereocenters. The fraction of sp³-hybridized carbons (Fsp3) is 0.714. The predicted octanol–water partition coefficient (Wildman–Crippen LogP) is 4.61. The smallest absolute Gasteiger partial charge is 0.371 e. The van der Waals surface area contributed by atoms with E-state index in [4.69, 9.17) is 27.2 Å². The average molecular weight is 384 g/mol. The summed E-state index contributed by atoms with van der Waals surface area (Å²) in [7, 11) is -7.81. The summed E-state index contributed by atoms with van der Waals surface area (Å²) in [5.41, 5.74) is -1.50. The highest BCUT2D eigenvalue weighted by atomic mass is 31.2. The average Bonchev–Trinajstić information content (AvgIpc) is 3.01. The van der Waals surface area contributed by atoms with Gasteiger partial charge in [-0.15, -0.1) is 0 Å². The predicted molar refractivity (Wildman–Crippen MR) is 89.0 cm³/mol. The van der Waals surface area contributed by atoms with Gasteiger partial charge in [0.1, 0.15) is 12.4 Å². The van der Waals surface area contributed by atoms with E-state index in [1.165, 1.54) is 6.26 Å². The fourth-order valence-corrected chi connectivity index (χ4v) is 6.76. The number of hydrogen-bond donors (Lipinski definition) is 0. The van der Waals surface area contributed by atoms with Gasteiger partial charge in [-0.3, -0.25) is 9.13 Å². The van der Waals surface area contributed by atoms with Gasteiger partial charge in [-0.1, -0.05) is 0 Å². The third-order valence-corrected chi connectivity index (χ3v) is 8.28. The molecule has 0 aliphatic heterocycles. The molecular weight excluding hydrogens is 358 g/mol. The van der Waals surface area contributed by atoms with Crippen LogP contribution in [0.5, 0.6) is 0 Å². The number of furan rings is 1. The number of hydrogen-bond acceptors (Lipinski definition) is 8. The third-order valence-electron chi connectivity index (χ3n) is 2.73. The van der Waals surface area contributed by atoms with Gasteiger partial charge in [-0.25, -0.2) is 0 Å². The quantitative estimate of drug-likeness (QED) is 0.455. The van der Waals surface area contributed by atoms with Gasteiger partial charge >= 0.3 is 15.2 Å². The molecule has 0 bridgehead atoms. The zero-order chi connectivity index (χ0) is 18.1. The maximum atomic E-state index is 13.1. The molecule has 0 N–H and O–H groups in total. The zero-order valence-corrected chi connectivity index (χ0v) is 16.3. The molecular formula is C14H26O8P2. The van der Waals surface area contributed by atoms with Crippen molar-refractivity contribution < 1.29 is 36.4 Å². The molecule has 0 fully saturated rings. The van der Waals surface area contributed by atoms with Crippen LogP contribution in [0.15, 0.2) is 22.8 Å². The van der Waals surface area contributed by atoms with Crippen molar-refractivity contribution in [2.24, 2.45) is 0 Å². The third kappa shape index (κ3) is 5.81. The Hall–Kier alpha value is -0.460. The Labute approximate surface area is 142 Å². The minimum absolute atomic E-state index is 0.0774. The van der Waals surface area contributed by atoms with E-state index >= 15 is 0 Å². The molecule has 24 heavy (non-hydrogen) atoms. The second-order valence-corrected chi connectivity index (χ2v) is 9.00. The van der Waals surface area contributed by atoms with Crippen molar-refractivity contribution in [1.29, 1.82) is 0 Å². The van der Waals surface area contributed by atoms with Crippen LogP contribution in [0, 0.1) is 0 Å². The van der Waals surface area contributed by atoms with Crippen molar-refractivity contribution in [3.05, 3.63) is 24.2 Å². The first-order valence-electron chi connectivity index (χ1n) is 7.87. The molecule has 0 amide bonds. The van der Waals surface area contributed by atoms with E-state index in [2.05, 4.69) is 0 Å². The lowest BCUT2D eigenvalue weighted by Crippen LogP contribution is -2.20. The molecule has 10 heteroatoms. The SMILES string of the molecule is CCOP(=O)(OCC)C(OCc1ccco1)P(=O)(OCC)OCC. The lowest BCUT2D eigenvalue weighted by Gasteiger charge is -2.30. The Balaban J connectivity index is 3.15. The molecule has 0 aliphatic carbocycles. The lowest BCUT2D eigenvalue weighted by atomic mass is 10.5. The van der Waals surface area contributed by atoms with Crippen molar-refractivity contribution in [2.45, 2.75) is 39.9 Å². The highest BCUT2D eigenvalue weighted by molar-refractivity contribution is 7.72. The van der Waals surface area contributed by atoms with Crippen LogP contribution in [0.3, 0.4) is 0 Å². The van der Waals surface area contributed by atoms with Crippen molar-refractivity contribution in [2.75, 3.05) is 26.4 Å². The summed E-state index contributed by atoms with van der Waals surface area (Å²) in [6, 6.07) is 3.36. The number of rotatable bonds is 13. The first-order valence-corrected chi connectivity index (χ1v) is 11.1. The van der Waals surface area contributed by atoms with Crippen LogP contribution < -0.4 is 0 Å². The molecule has 1 rings (SSSR count). The van der Waals surface area contributed by atoms with Gasteiger partial charge in [0.2, 0.25) is 0 Å². The van der Waals surface area contributed by atoms with Crippen molar-refractivity contribution in [3.63, 3.8) is 0 Å². The maximum absolute atomic E-state index is 13.1. The van der Waals surface area contributed by atoms with E-state index in [-0.39, 0.29) is 33.0 Å². The lowest BCUT2D eigenvalue weighted by molar-refractivity contribution is 0.0645. The topological polar surface area (TPSA) is 93.4 Å². The van der Waals surface area contributed by atoms with E-state index in [0.717, 1.165) is 0 Å². The summed E-state index contributed by atoms with van der Waals surface area (Å²) in [6.45, 7) is 6.91. The minimum atomic E-state index is -3.91. The van der Waals surface area contributed by atoms with Crippen molar-refractivity contribution in [1.82, 2.24) is 0 Å². The molecule has 1 heterocycles. The van der Waals surface area contributed by atoms with Gasteiger partial charge in [0.15, 0.2) is 0 Å². The van der Waals surface area contributed by atoms with Crippen LogP contribution in [-0.2, 0) is 38.6 Å². The summed E-state index contributed by atoms with van der Waals surface area (Å²) in [5.74, 6) is 0.471. The summed E-state index contributed by atoms with van der Waals surface area (Å²) in [4.78, 5) is 0. The van der Waals surface area contributed by atoms with Crippen LogP contribution in [0.25, 0.3) is 0 Å². The summed E-state index contributed by atoms with van der Waals surface area (Å²) >= 11 is 0. The minimum Gasteiger partial charge on any atom is -0.467 e. The first kappa shape index (κ1) is 21.6. The van der Waals surface area contributed by atoms with Gasteiger partial charge < -0.3 is 27.2 Å². The largest absolute Gasteiger partial charge is 0.467 e. The Morgan fingerprint density at radius 1 is 0.917 bits per heavy atom. The molecule has 0 aliphatic rings. The summed E-state index contributed by atoms with van der Waals surface area (Å²) in [6.07, 6.45) is 1.48. The highest BCUT2D eigenvalue weighted by Gasteiger charge is 2.52. The standard InChI is InChI=1S/C14H26O8P2/c1-5-19-23(15,20-6-2)14(18-12-13-10-9-11-17-13)24(16,21-7-3)22-8-4/h9-11,14H,5-8,12H2,1-4H3. The van der Waals surface area contributed by atoms with Crippen LogP contribution in [0.2, 0.25) is 0 Å². The monoisotopic (exact) mass is 384 g/mol. The van der Waals surface area contributed by atoms with Gasteiger partial charge in [0, 0.05) is 0 Å². The van der Waals surface area contributed by atoms with Crippen LogP contribution >= 0.6 is 15.2 Å². The van der Waals surface area contributed by atoms with Crippen molar-refractivity contribution in [3.8, 4) is 0 Å². The number of ether oxygens (including phenoxy) is 1. The molecule has 1 aromatic rings. The maximum Gasteiger partial charge on any atom is 0.371 e.